The lowest BCUT2D eigenvalue weighted by atomic mass is 10.2. The number of fused-ring (bicyclic) bond motifs is 1. The highest BCUT2D eigenvalue weighted by Crippen LogP contribution is 2.23. The lowest BCUT2D eigenvalue weighted by Gasteiger charge is -2.01. The summed E-state index contributed by atoms with van der Waals surface area (Å²) in [6.45, 7) is 0.792. The van der Waals surface area contributed by atoms with Crippen molar-refractivity contribution in [1.29, 1.82) is 0 Å². The van der Waals surface area contributed by atoms with Crippen LogP contribution in [0, 0.1) is 0 Å². The molecule has 84 valence electrons. The zero-order valence-electron chi connectivity index (χ0n) is 9.13. The van der Waals surface area contributed by atoms with Crippen molar-refractivity contribution in [3.63, 3.8) is 0 Å². The van der Waals surface area contributed by atoms with Crippen molar-refractivity contribution in [2.24, 2.45) is 0 Å². The summed E-state index contributed by atoms with van der Waals surface area (Å²) in [6, 6.07) is 14.2. The second-order valence-electron chi connectivity index (χ2n) is 3.69. The molecule has 3 aromatic rings. The van der Waals surface area contributed by atoms with E-state index in [2.05, 4.69) is 27.4 Å². The lowest BCUT2D eigenvalue weighted by molar-refractivity contribution is 1.14. The van der Waals surface area contributed by atoms with E-state index in [0.717, 1.165) is 22.0 Å². The number of nitrogens with zero attached hydrogens (tertiary/aromatic N) is 2. The quantitative estimate of drug-likeness (QED) is 0.764. The molecule has 0 saturated heterocycles. The van der Waals surface area contributed by atoms with E-state index in [9.17, 15) is 0 Å². The summed E-state index contributed by atoms with van der Waals surface area (Å²) in [5.74, 6) is 0. The lowest BCUT2D eigenvalue weighted by Crippen LogP contribution is -1.97. The van der Waals surface area contributed by atoms with Crippen LogP contribution >= 0.6 is 11.3 Å². The number of hydrogen-bond acceptors (Lipinski definition) is 4. The third-order valence-corrected chi connectivity index (χ3v) is 3.39. The highest BCUT2D eigenvalue weighted by molar-refractivity contribution is 7.21. The maximum atomic E-state index is 4.47. The van der Waals surface area contributed by atoms with E-state index in [1.165, 1.54) is 5.56 Å². The first-order chi connectivity index (χ1) is 8.42. The zero-order chi connectivity index (χ0) is 11.5. The Kier molecular flexibility index (Phi) is 2.71. The molecule has 0 aliphatic carbocycles. The fraction of sp³-hybridized carbons (Fsp3) is 0.0769. The van der Waals surface area contributed by atoms with Crippen LogP contribution in [0.2, 0.25) is 0 Å². The number of hydrogen-bond donors (Lipinski definition) is 1. The molecule has 2 aromatic heterocycles. The van der Waals surface area contributed by atoms with Gasteiger partial charge in [0.15, 0.2) is 5.13 Å². The molecular formula is C13H11N3S. The van der Waals surface area contributed by atoms with Gasteiger partial charge in [-0.15, -0.1) is 0 Å². The Balaban J connectivity index is 1.77. The summed E-state index contributed by atoms with van der Waals surface area (Å²) >= 11 is 1.58. The van der Waals surface area contributed by atoms with E-state index < -0.39 is 0 Å². The average molecular weight is 241 g/mol. The van der Waals surface area contributed by atoms with Crippen molar-refractivity contribution in [3.05, 3.63) is 54.2 Å². The van der Waals surface area contributed by atoms with Crippen LogP contribution in [0.5, 0.6) is 0 Å². The van der Waals surface area contributed by atoms with Gasteiger partial charge in [-0.1, -0.05) is 41.7 Å². The molecule has 0 spiro atoms. The molecule has 0 bridgehead atoms. The number of pyridine rings is 1. The Morgan fingerprint density at radius 1 is 1.06 bits per heavy atom. The third-order valence-electron chi connectivity index (χ3n) is 2.45. The van der Waals surface area contributed by atoms with E-state index in [0.29, 0.717) is 0 Å². The molecule has 0 saturated carbocycles. The Bertz CT molecular complexity index is 586. The van der Waals surface area contributed by atoms with Gasteiger partial charge in [-0.3, -0.25) is 0 Å². The fourth-order valence-electron chi connectivity index (χ4n) is 1.62. The number of nitrogens with one attached hydrogen (secondary N) is 1. The molecule has 1 N–H and O–H groups in total. The number of rotatable bonds is 3. The second kappa shape index (κ2) is 4.51. The van der Waals surface area contributed by atoms with Crippen LogP contribution in [0.1, 0.15) is 5.56 Å². The first-order valence-corrected chi connectivity index (χ1v) is 6.23. The van der Waals surface area contributed by atoms with Crippen molar-refractivity contribution >= 4 is 26.8 Å². The number of aromatic nitrogens is 2. The van der Waals surface area contributed by atoms with E-state index in [1.54, 1.807) is 17.5 Å². The maximum Gasteiger partial charge on any atom is 0.185 e. The van der Waals surface area contributed by atoms with Crippen LogP contribution in [-0.2, 0) is 6.54 Å². The molecule has 0 amide bonds. The van der Waals surface area contributed by atoms with Gasteiger partial charge in [-0.05, 0) is 17.7 Å². The number of benzene rings is 1. The Morgan fingerprint density at radius 2 is 1.94 bits per heavy atom. The predicted octanol–water partition coefficient (Wildman–Crippen LogP) is 3.30. The standard InChI is InChI=1S/C13H11N3S/c1-2-5-10(6-3-1)9-15-13-16-11-7-4-8-14-12(11)17-13/h1-8H,9H2,(H,15,16). The molecule has 0 aliphatic heterocycles. The molecule has 0 fully saturated rings. The monoisotopic (exact) mass is 241 g/mol. The van der Waals surface area contributed by atoms with Gasteiger partial charge in [0.05, 0.1) is 0 Å². The van der Waals surface area contributed by atoms with Crippen molar-refractivity contribution in [3.8, 4) is 0 Å². The largest absolute Gasteiger partial charge is 0.357 e. The van der Waals surface area contributed by atoms with Crippen LogP contribution in [0.4, 0.5) is 5.13 Å². The Hall–Kier alpha value is -1.94. The van der Waals surface area contributed by atoms with Gasteiger partial charge >= 0.3 is 0 Å². The predicted molar refractivity (Wildman–Crippen MR) is 71.2 cm³/mol. The second-order valence-corrected chi connectivity index (χ2v) is 4.66. The molecule has 1 aromatic carbocycles. The molecule has 4 heteroatoms. The summed E-state index contributed by atoms with van der Waals surface area (Å²) in [4.78, 5) is 9.72. The Morgan fingerprint density at radius 3 is 2.76 bits per heavy atom. The highest BCUT2D eigenvalue weighted by atomic mass is 32.1. The summed E-state index contributed by atoms with van der Waals surface area (Å²) in [6.07, 6.45) is 1.79. The minimum atomic E-state index is 0.792. The molecule has 0 radical (unpaired) electrons. The van der Waals surface area contributed by atoms with E-state index >= 15 is 0 Å². The average Bonchev–Trinajstić information content (AvgIpc) is 2.80. The van der Waals surface area contributed by atoms with E-state index in [-0.39, 0.29) is 0 Å². The summed E-state index contributed by atoms with van der Waals surface area (Å²) in [5.41, 5.74) is 2.20. The van der Waals surface area contributed by atoms with Crippen LogP contribution in [0.15, 0.2) is 48.7 Å². The highest BCUT2D eigenvalue weighted by Gasteiger charge is 2.02. The van der Waals surface area contributed by atoms with E-state index in [1.807, 2.05) is 30.3 Å². The maximum absolute atomic E-state index is 4.47. The molecule has 17 heavy (non-hydrogen) atoms. The van der Waals surface area contributed by atoms with Crippen LogP contribution in [-0.4, -0.2) is 9.97 Å². The molecule has 0 unspecified atom stereocenters. The zero-order valence-corrected chi connectivity index (χ0v) is 9.95. The van der Waals surface area contributed by atoms with Gasteiger partial charge in [0.1, 0.15) is 10.3 Å². The molecule has 0 aliphatic rings. The van der Waals surface area contributed by atoms with E-state index in [4.69, 9.17) is 0 Å². The van der Waals surface area contributed by atoms with Crippen molar-refractivity contribution < 1.29 is 0 Å². The van der Waals surface area contributed by atoms with Crippen molar-refractivity contribution in [1.82, 2.24) is 9.97 Å². The van der Waals surface area contributed by atoms with Crippen LogP contribution in [0.3, 0.4) is 0 Å². The molecule has 3 nitrogen and oxygen atoms in total. The van der Waals surface area contributed by atoms with Gasteiger partial charge < -0.3 is 5.32 Å². The topological polar surface area (TPSA) is 37.8 Å². The van der Waals surface area contributed by atoms with Crippen molar-refractivity contribution in [2.45, 2.75) is 6.54 Å². The van der Waals surface area contributed by atoms with Crippen molar-refractivity contribution in [2.75, 3.05) is 5.32 Å². The molecule has 0 atom stereocenters. The molecule has 3 rings (SSSR count). The SMILES string of the molecule is c1ccc(CNc2nc3cccnc3s2)cc1. The molecular weight excluding hydrogens is 230 g/mol. The van der Waals surface area contributed by atoms with Crippen LogP contribution in [0.25, 0.3) is 10.3 Å². The van der Waals surface area contributed by atoms with Gasteiger partial charge in [-0.25, -0.2) is 9.97 Å². The molecule has 2 heterocycles. The minimum Gasteiger partial charge on any atom is -0.357 e. The minimum absolute atomic E-state index is 0.792. The van der Waals surface area contributed by atoms with Gasteiger partial charge in [0, 0.05) is 12.7 Å². The Labute approximate surface area is 103 Å². The summed E-state index contributed by atoms with van der Waals surface area (Å²) in [5, 5.41) is 4.24. The normalized spacial score (nSPS) is 10.6. The van der Waals surface area contributed by atoms with Gasteiger partial charge in [0.25, 0.3) is 0 Å². The third kappa shape index (κ3) is 2.26. The number of thiazole rings is 1. The first kappa shape index (κ1) is 10.2. The summed E-state index contributed by atoms with van der Waals surface area (Å²) < 4.78 is 0. The first-order valence-electron chi connectivity index (χ1n) is 5.41. The van der Waals surface area contributed by atoms with Crippen LogP contribution < -0.4 is 5.32 Å². The van der Waals surface area contributed by atoms with Gasteiger partial charge in [0.2, 0.25) is 0 Å². The smallest absolute Gasteiger partial charge is 0.185 e. The number of anilines is 1. The fourth-order valence-corrected chi connectivity index (χ4v) is 2.42. The van der Waals surface area contributed by atoms with Gasteiger partial charge in [-0.2, -0.15) is 0 Å². The summed E-state index contributed by atoms with van der Waals surface area (Å²) in [7, 11) is 0.